The third kappa shape index (κ3) is 4.18. The number of benzene rings is 2. The lowest BCUT2D eigenvalue weighted by Gasteiger charge is -2.00. The third-order valence-corrected chi connectivity index (χ3v) is 5.14. The van der Waals surface area contributed by atoms with Gasteiger partial charge < -0.3 is 4.42 Å². The van der Waals surface area contributed by atoms with Gasteiger partial charge in [-0.1, -0.05) is 29.8 Å². The minimum absolute atomic E-state index is 0.176. The Balaban J connectivity index is 1.42. The zero-order chi connectivity index (χ0) is 19.5. The van der Waals surface area contributed by atoms with Gasteiger partial charge in [0.15, 0.2) is 10.9 Å². The van der Waals surface area contributed by atoms with Crippen LogP contribution in [0.1, 0.15) is 26.6 Å². The molecule has 0 spiro atoms. The SMILES string of the molecule is Cc1ccc(Cc2cnc(NC(=O)c3ccc(-c4ccc(F)cc4)o3)s2)cc1. The van der Waals surface area contributed by atoms with Gasteiger partial charge in [-0.25, -0.2) is 9.37 Å². The Hall–Kier alpha value is -3.25. The van der Waals surface area contributed by atoms with Crippen LogP contribution in [0.2, 0.25) is 0 Å². The van der Waals surface area contributed by atoms with Crippen LogP contribution in [0, 0.1) is 12.7 Å². The summed E-state index contributed by atoms with van der Waals surface area (Å²) in [6, 6.07) is 17.5. The fourth-order valence-corrected chi connectivity index (χ4v) is 3.58. The number of halogens is 1. The number of carbonyl (C=O) groups excluding carboxylic acids is 1. The largest absolute Gasteiger partial charge is 0.451 e. The van der Waals surface area contributed by atoms with Crippen molar-refractivity contribution in [2.45, 2.75) is 13.3 Å². The molecular formula is C22H17FN2O2S. The second-order valence-electron chi connectivity index (χ2n) is 6.42. The molecule has 0 aliphatic heterocycles. The molecule has 140 valence electrons. The molecule has 0 radical (unpaired) electrons. The number of hydrogen-bond donors (Lipinski definition) is 1. The van der Waals surface area contributed by atoms with E-state index in [0.29, 0.717) is 16.5 Å². The van der Waals surface area contributed by atoms with E-state index in [1.165, 1.54) is 34.6 Å². The maximum atomic E-state index is 13.0. The predicted octanol–water partition coefficient (Wildman–Crippen LogP) is 5.69. The molecule has 0 saturated carbocycles. The summed E-state index contributed by atoms with van der Waals surface area (Å²) in [6.45, 7) is 2.06. The second-order valence-corrected chi connectivity index (χ2v) is 7.53. The van der Waals surface area contributed by atoms with Crippen molar-refractivity contribution < 1.29 is 13.6 Å². The number of aromatic nitrogens is 1. The van der Waals surface area contributed by atoms with E-state index in [-0.39, 0.29) is 17.5 Å². The molecule has 0 fully saturated rings. The van der Waals surface area contributed by atoms with Crippen LogP contribution in [0.3, 0.4) is 0 Å². The van der Waals surface area contributed by atoms with E-state index in [4.69, 9.17) is 4.42 Å². The summed E-state index contributed by atoms with van der Waals surface area (Å²) in [5.74, 6) is -0.0120. The Kier molecular flexibility index (Phi) is 5.04. The van der Waals surface area contributed by atoms with Crippen LogP contribution in [-0.4, -0.2) is 10.9 Å². The molecule has 0 bridgehead atoms. The van der Waals surface area contributed by atoms with E-state index in [2.05, 4.69) is 41.5 Å². The Morgan fingerprint density at radius 3 is 2.57 bits per heavy atom. The van der Waals surface area contributed by atoms with Gasteiger partial charge in [-0.2, -0.15) is 0 Å². The highest BCUT2D eigenvalue weighted by Crippen LogP contribution is 2.25. The minimum atomic E-state index is -0.371. The van der Waals surface area contributed by atoms with Crippen LogP contribution in [0.5, 0.6) is 0 Å². The summed E-state index contributed by atoms with van der Waals surface area (Å²) in [5, 5.41) is 3.28. The molecule has 0 saturated heterocycles. The summed E-state index contributed by atoms with van der Waals surface area (Å²) in [6.07, 6.45) is 2.54. The van der Waals surface area contributed by atoms with E-state index < -0.39 is 0 Å². The summed E-state index contributed by atoms with van der Waals surface area (Å²) in [4.78, 5) is 17.8. The Morgan fingerprint density at radius 1 is 1.07 bits per heavy atom. The molecule has 0 aliphatic carbocycles. The quantitative estimate of drug-likeness (QED) is 0.474. The van der Waals surface area contributed by atoms with Crippen LogP contribution in [0.25, 0.3) is 11.3 Å². The first-order chi connectivity index (χ1) is 13.6. The average molecular weight is 392 g/mol. The summed E-state index contributed by atoms with van der Waals surface area (Å²) < 4.78 is 18.6. The van der Waals surface area contributed by atoms with Crippen LogP contribution in [-0.2, 0) is 6.42 Å². The van der Waals surface area contributed by atoms with Crippen molar-refractivity contribution in [2.75, 3.05) is 5.32 Å². The number of nitrogens with one attached hydrogen (secondary N) is 1. The van der Waals surface area contributed by atoms with Crippen molar-refractivity contribution in [3.8, 4) is 11.3 Å². The van der Waals surface area contributed by atoms with Gasteiger partial charge in [-0.3, -0.25) is 10.1 Å². The van der Waals surface area contributed by atoms with Crippen molar-refractivity contribution >= 4 is 22.4 Å². The average Bonchev–Trinajstić information content (AvgIpc) is 3.34. The predicted molar refractivity (Wildman–Crippen MR) is 108 cm³/mol. The smallest absolute Gasteiger partial charge is 0.293 e. The number of amides is 1. The van der Waals surface area contributed by atoms with Gasteiger partial charge in [-0.05, 0) is 48.9 Å². The van der Waals surface area contributed by atoms with E-state index in [9.17, 15) is 9.18 Å². The third-order valence-electron chi connectivity index (χ3n) is 4.23. The first-order valence-corrected chi connectivity index (χ1v) is 9.56. The van der Waals surface area contributed by atoms with Gasteiger partial charge in [-0.15, -0.1) is 11.3 Å². The Labute approximate surface area is 165 Å². The maximum absolute atomic E-state index is 13.0. The lowest BCUT2D eigenvalue weighted by molar-refractivity contribution is 0.0997. The molecule has 4 aromatic rings. The monoisotopic (exact) mass is 392 g/mol. The molecule has 2 aromatic carbocycles. The Morgan fingerprint density at radius 2 is 1.82 bits per heavy atom. The molecule has 4 nitrogen and oxygen atoms in total. The topological polar surface area (TPSA) is 55.1 Å². The lowest BCUT2D eigenvalue weighted by Crippen LogP contribution is -2.10. The van der Waals surface area contributed by atoms with Crippen LogP contribution in [0.15, 0.2) is 71.3 Å². The molecule has 0 aliphatic rings. The first kappa shape index (κ1) is 18.1. The molecule has 0 atom stereocenters. The summed E-state index contributed by atoms with van der Waals surface area (Å²) >= 11 is 1.43. The number of furan rings is 1. The normalized spacial score (nSPS) is 10.8. The highest BCUT2D eigenvalue weighted by molar-refractivity contribution is 7.15. The van der Waals surface area contributed by atoms with E-state index in [0.717, 1.165) is 11.3 Å². The number of thiazole rings is 1. The van der Waals surface area contributed by atoms with Crippen LogP contribution in [0.4, 0.5) is 9.52 Å². The zero-order valence-corrected chi connectivity index (χ0v) is 15.9. The van der Waals surface area contributed by atoms with Gasteiger partial charge in [0.05, 0.1) is 0 Å². The molecule has 4 rings (SSSR count). The van der Waals surface area contributed by atoms with Gasteiger partial charge >= 0.3 is 0 Å². The number of hydrogen-bond acceptors (Lipinski definition) is 4. The highest BCUT2D eigenvalue weighted by atomic mass is 32.1. The molecule has 1 amide bonds. The van der Waals surface area contributed by atoms with Crippen molar-refractivity contribution in [3.05, 3.63) is 94.4 Å². The molecule has 0 unspecified atom stereocenters. The number of carbonyl (C=O) groups is 1. The van der Waals surface area contributed by atoms with Crippen LogP contribution >= 0.6 is 11.3 Å². The van der Waals surface area contributed by atoms with E-state index >= 15 is 0 Å². The fourth-order valence-electron chi connectivity index (χ4n) is 2.74. The zero-order valence-electron chi connectivity index (χ0n) is 15.1. The summed E-state index contributed by atoms with van der Waals surface area (Å²) in [5.41, 5.74) is 3.12. The van der Waals surface area contributed by atoms with E-state index in [1.54, 1.807) is 30.5 Å². The fraction of sp³-hybridized carbons (Fsp3) is 0.0909. The molecule has 2 aromatic heterocycles. The highest BCUT2D eigenvalue weighted by Gasteiger charge is 2.14. The van der Waals surface area contributed by atoms with Crippen molar-refractivity contribution in [1.82, 2.24) is 4.98 Å². The van der Waals surface area contributed by atoms with Gasteiger partial charge in [0.1, 0.15) is 11.6 Å². The van der Waals surface area contributed by atoms with Gasteiger partial charge in [0, 0.05) is 23.1 Å². The lowest BCUT2D eigenvalue weighted by atomic mass is 10.1. The molecular weight excluding hydrogens is 375 g/mol. The maximum Gasteiger partial charge on any atom is 0.293 e. The van der Waals surface area contributed by atoms with Crippen molar-refractivity contribution in [3.63, 3.8) is 0 Å². The number of nitrogens with zero attached hydrogens (tertiary/aromatic N) is 1. The van der Waals surface area contributed by atoms with Crippen molar-refractivity contribution in [2.24, 2.45) is 0 Å². The summed E-state index contributed by atoms with van der Waals surface area (Å²) in [7, 11) is 0. The molecule has 1 N–H and O–H groups in total. The Bertz CT molecular complexity index is 1100. The molecule has 6 heteroatoms. The second kappa shape index (κ2) is 7.78. The van der Waals surface area contributed by atoms with E-state index in [1.807, 2.05) is 0 Å². The number of rotatable bonds is 5. The number of anilines is 1. The minimum Gasteiger partial charge on any atom is -0.451 e. The number of aryl methyl sites for hydroxylation is 1. The van der Waals surface area contributed by atoms with Crippen molar-refractivity contribution in [1.29, 1.82) is 0 Å². The first-order valence-electron chi connectivity index (χ1n) is 8.74. The molecule has 2 heterocycles. The van der Waals surface area contributed by atoms with Gasteiger partial charge in [0.25, 0.3) is 5.91 Å². The van der Waals surface area contributed by atoms with Crippen LogP contribution < -0.4 is 5.32 Å². The molecule has 28 heavy (non-hydrogen) atoms. The van der Waals surface area contributed by atoms with Gasteiger partial charge in [0.2, 0.25) is 0 Å². The standard InChI is InChI=1S/C22H17FN2O2S/c1-14-2-4-15(5-3-14)12-18-13-24-22(28-18)25-21(26)20-11-10-19(27-20)16-6-8-17(23)9-7-16/h2-11,13H,12H2,1H3,(H,24,25,26).